The second kappa shape index (κ2) is 9.64. The van der Waals surface area contributed by atoms with E-state index in [1.807, 2.05) is 18.2 Å². The maximum Gasteiger partial charge on any atom is 0.254 e. The molecule has 0 spiro atoms. The van der Waals surface area contributed by atoms with Crippen molar-refractivity contribution in [3.05, 3.63) is 23.8 Å². The van der Waals surface area contributed by atoms with Gasteiger partial charge in [0.25, 0.3) is 5.91 Å². The topological polar surface area (TPSA) is 42.0 Å². The van der Waals surface area contributed by atoms with Crippen LogP contribution < -0.4 is 9.47 Å². The van der Waals surface area contributed by atoms with Crippen LogP contribution in [-0.2, 0) is 0 Å². The molecule has 0 saturated carbocycles. The van der Waals surface area contributed by atoms with Gasteiger partial charge in [-0.1, -0.05) is 6.92 Å². The number of hydrogen-bond donors (Lipinski definition) is 0. The smallest absolute Gasteiger partial charge is 0.254 e. The third kappa shape index (κ3) is 4.80. The molecule has 2 aliphatic heterocycles. The largest absolute Gasteiger partial charge is 0.493 e. The molecule has 2 fully saturated rings. The van der Waals surface area contributed by atoms with Crippen molar-refractivity contribution in [1.29, 1.82) is 0 Å². The summed E-state index contributed by atoms with van der Waals surface area (Å²) in [7, 11) is 1.66. The van der Waals surface area contributed by atoms with Crippen molar-refractivity contribution in [3.8, 4) is 11.5 Å². The van der Waals surface area contributed by atoms with E-state index in [4.69, 9.17) is 9.47 Å². The molecule has 1 amide bonds. The fourth-order valence-electron chi connectivity index (χ4n) is 4.45. The molecule has 0 aromatic heterocycles. The molecule has 2 saturated heterocycles. The normalized spacial score (nSPS) is 21.8. The standard InChI is InChI=1S/C23H36N2O3/c1-5-19-8-6-7-13-25(19)23(26)18-9-10-21(27-4)22(16-18)28-20-11-14-24(15-12-20)17(2)3/h9-10,16-17,19-20H,5-8,11-15H2,1-4H3/t19-/m1/s1. The highest BCUT2D eigenvalue weighted by molar-refractivity contribution is 5.95. The number of likely N-dealkylation sites (tertiary alicyclic amines) is 2. The molecule has 0 unspecified atom stereocenters. The number of rotatable bonds is 6. The Morgan fingerprint density at radius 3 is 2.50 bits per heavy atom. The van der Waals surface area contributed by atoms with Gasteiger partial charge < -0.3 is 19.3 Å². The molecule has 1 aromatic rings. The van der Waals surface area contributed by atoms with Crippen LogP contribution in [0.5, 0.6) is 11.5 Å². The van der Waals surface area contributed by atoms with Gasteiger partial charge in [-0.25, -0.2) is 0 Å². The van der Waals surface area contributed by atoms with E-state index in [0.29, 0.717) is 29.1 Å². The van der Waals surface area contributed by atoms with E-state index in [1.54, 1.807) is 7.11 Å². The van der Waals surface area contributed by atoms with Crippen molar-refractivity contribution >= 4 is 5.91 Å². The van der Waals surface area contributed by atoms with Crippen molar-refractivity contribution < 1.29 is 14.3 Å². The van der Waals surface area contributed by atoms with Crippen molar-refractivity contribution in [2.24, 2.45) is 0 Å². The molecule has 2 aliphatic rings. The molecule has 5 heteroatoms. The Labute approximate surface area is 170 Å². The molecule has 28 heavy (non-hydrogen) atoms. The molecule has 0 radical (unpaired) electrons. The van der Waals surface area contributed by atoms with Gasteiger partial charge in [0.05, 0.1) is 7.11 Å². The summed E-state index contributed by atoms with van der Waals surface area (Å²) >= 11 is 0. The predicted molar refractivity (Wildman–Crippen MR) is 112 cm³/mol. The molecule has 1 aromatic carbocycles. The molecule has 3 rings (SSSR count). The van der Waals surface area contributed by atoms with Crippen LogP contribution in [0, 0.1) is 0 Å². The van der Waals surface area contributed by atoms with Gasteiger partial charge in [-0.05, 0) is 70.6 Å². The van der Waals surface area contributed by atoms with E-state index >= 15 is 0 Å². The highest BCUT2D eigenvalue weighted by Gasteiger charge is 2.28. The number of piperidine rings is 2. The zero-order valence-corrected chi connectivity index (χ0v) is 17.9. The van der Waals surface area contributed by atoms with Crippen LogP contribution in [0.4, 0.5) is 0 Å². The Balaban J connectivity index is 1.72. The van der Waals surface area contributed by atoms with Crippen LogP contribution in [0.25, 0.3) is 0 Å². The first-order valence-electron chi connectivity index (χ1n) is 10.9. The summed E-state index contributed by atoms with van der Waals surface area (Å²) in [4.78, 5) is 17.7. The molecular formula is C23H36N2O3. The van der Waals surface area contributed by atoms with E-state index in [-0.39, 0.29) is 12.0 Å². The van der Waals surface area contributed by atoms with Crippen molar-refractivity contribution in [2.45, 2.75) is 77.5 Å². The zero-order valence-electron chi connectivity index (χ0n) is 17.9. The first kappa shape index (κ1) is 21.0. The van der Waals surface area contributed by atoms with E-state index in [2.05, 4.69) is 30.6 Å². The van der Waals surface area contributed by atoms with Gasteiger partial charge >= 0.3 is 0 Å². The summed E-state index contributed by atoms with van der Waals surface area (Å²) in [5.41, 5.74) is 0.704. The highest BCUT2D eigenvalue weighted by Crippen LogP contribution is 2.32. The van der Waals surface area contributed by atoms with Gasteiger partial charge in [0, 0.05) is 37.3 Å². The molecule has 0 aliphatic carbocycles. The number of nitrogens with zero attached hydrogens (tertiary/aromatic N) is 2. The number of carbonyl (C=O) groups excluding carboxylic acids is 1. The summed E-state index contributed by atoms with van der Waals surface area (Å²) in [5.74, 6) is 1.52. The van der Waals surface area contributed by atoms with Crippen molar-refractivity contribution in [1.82, 2.24) is 9.80 Å². The van der Waals surface area contributed by atoms with E-state index < -0.39 is 0 Å². The van der Waals surface area contributed by atoms with E-state index in [0.717, 1.165) is 51.7 Å². The van der Waals surface area contributed by atoms with Gasteiger partial charge in [-0.15, -0.1) is 0 Å². The molecule has 0 bridgehead atoms. The lowest BCUT2D eigenvalue weighted by Crippen LogP contribution is -2.43. The van der Waals surface area contributed by atoms with Crippen LogP contribution in [0.2, 0.25) is 0 Å². The predicted octanol–water partition coefficient (Wildman–Crippen LogP) is 4.35. The summed E-state index contributed by atoms with van der Waals surface area (Å²) in [5, 5.41) is 0. The van der Waals surface area contributed by atoms with Crippen LogP contribution in [0.15, 0.2) is 18.2 Å². The Morgan fingerprint density at radius 1 is 1.11 bits per heavy atom. The van der Waals surface area contributed by atoms with E-state index in [9.17, 15) is 4.79 Å². The molecule has 5 nitrogen and oxygen atoms in total. The second-order valence-electron chi connectivity index (χ2n) is 8.37. The average Bonchev–Trinajstić information content (AvgIpc) is 2.73. The summed E-state index contributed by atoms with van der Waals surface area (Å²) in [6, 6.07) is 6.56. The lowest BCUT2D eigenvalue weighted by molar-refractivity contribution is 0.0605. The number of benzene rings is 1. The maximum absolute atomic E-state index is 13.2. The third-order valence-electron chi connectivity index (χ3n) is 6.27. The van der Waals surface area contributed by atoms with Crippen LogP contribution in [0.1, 0.15) is 69.7 Å². The fraction of sp³-hybridized carbons (Fsp3) is 0.696. The lowest BCUT2D eigenvalue weighted by atomic mass is 9.98. The lowest BCUT2D eigenvalue weighted by Gasteiger charge is -2.36. The number of hydrogen-bond acceptors (Lipinski definition) is 4. The molecule has 2 heterocycles. The second-order valence-corrected chi connectivity index (χ2v) is 8.37. The zero-order chi connectivity index (χ0) is 20.1. The molecule has 156 valence electrons. The summed E-state index contributed by atoms with van der Waals surface area (Å²) in [6.45, 7) is 9.60. The quantitative estimate of drug-likeness (QED) is 0.726. The SMILES string of the molecule is CC[C@@H]1CCCCN1C(=O)c1ccc(OC)c(OC2CCN(C(C)C)CC2)c1. The number of ether oxygens (including phenoxy) is 2. The number of methoxy groups -OCH3 is 1. The van der Waals surface area contributed by atoms with Crippen LogP contribution >= 0.6 is 0 Å². The van der Waals surface area contributed by atoms with Gasteiger partial charge in [-0.2, -0.15) is 0 Å². The Bertz CT molecular complexity index is 653. The molecular weight excluding hydrogens is 352 g/mol. The van der Waals surface area contributed by atoms with Crippen molar-refractivity contribution in [2.75, 3.05) is 26.7 Å². The van der Waals surface area contributed by atoms with Gasteiger partial charge in [0.15, 0.2) is 11.5 Å². The van der Waals surface area contributed by atoms with Crippen LogP contribution in [0.3, 0.4) is 0 Å². The van der Waals surface area contributed by atoms with Crippen molar-refractivity contribution in [3.63, 3.8) is 0 Å². The molecule has 0 N–H and O–H groups in total. The first-order chi connectivity index (χ1) is 13.5. The van der Waals surface area contributed by atoms with Gasteiger partial charge in [0.1, 0.15) is 6.10 Å². The maximum atomic E-state index is 13.2. The number of amides is 1. The minimum Gasteiger partial charge on any atom is -0.493 e. The Kier molecular flexibility index (Phi) is 7.22. The Hall–Kier alpha value is -1.75. The van der Waals surface area contributed by atoms with Gasteiger partial charge in [-0.3, -0.25) is 4.79 Å². The fourth-order valence-corrected chi connectivity index (χ4v) is 4.45. The summed E-state index contributed by atoms with van der Waals surface area (Å²) < 4.78 is 11.8. The average molecular weight is 389 g/mol. The number of carbonyl (C=O) groups is 1. The highest BCUT2D eigenvalue weighted by atomic mass is 16.5. The first-order valence-corrected chi connectivity index (χ1v) is 10.9. The summed E-state index contributed by atoms with van der Waals surface area (Å²) in [6.07, 6.45) is 6.61. The third-order valence-corrected chi connectivity index (χ3v) is 6.27. The Morgan fingerprint density at radius 2 is 1.86 bits per heavy atom. The van der Waals surface area contributed by atoms with E-state index in [1.165, 1.54) is 6.42 Å². The monoisotopic (exact) mass is 388 g/mol. The van der Waals surface area contributed by atoms with Crippen LogP contribution in [-0.4, -0.2) is 60.6 Å². The van der Waals surface area contributed by atoms with Gasteiger partial charge in [0.2, 0.25) is 0 Å². The minimum absolute atomic E-state index is 0.119. The minimum atomic E-state index is 0.119. The molecule has 1 atom stereocenters.